The van der Waals surface area contributed by atoms with Crippen LogP contribution in [0.4, 0.5) is 4.39 Å². The van der Waals surface area contributed by atoms with Gasteiger partial charge in [-0.2, -0.15) is 0 Å². The zero-order valence-corrected chi connectivity index (χ0v) is 9.21. The summed E-state index contributed by atoms with van der Waals surface area (Å²) in [6.07, 6.45) is 0.0505. The van der Waals surface area contributed by atoms with Crippen molar-refractivity contribution in [3.05, 3.63) is 29.3 Å². The van der Waals surface area contributed by atoms with E-state index in [0.29, 0.717) is 5.56 Å². The molecule has 0 bridgehead atoms. The molecule has 6 heteroatoms. The van der Waals surface area contributed by atoms with Crippen LogP contribution in [0.3, 0.4) is 0 Å². The lowest BCUT2D eigenvalue weighted by Crippen LogP contribution is -2.32. The number of carboxylic acids is 1. The number of halogens is 2. The van der Waals surface area contributed by atoms with Gasteiger partial charge in [-0.1, -0.05) is 6.07 Å². The molecule has 0 saturated heterocycles. The number of phenols is 1. The zero-order valence-electron chi connectivity index (χ0n) is 8.39. The first-order valence-electron chi connectivity index (χ1n) is 4.39. The van der Waals surface area contributed by atoms with Crippen molar-refractivity contribution in [1.82, 2.24) is 0 Å². The minimum absolute atomic E-state index is 0. The van der Waals surface area contributed by atoms with Crippen LogP contribution in [0.2, 0.25) is 0 Å². The third-order valence-electron chi connectivity index (χ3n) is 2.09. The molecule has 90 valence electrons. The molecule has 1 aromatic rings. The monoisotopic (exact) mass is 249 g/mol. The number of aliphatic carboxylic acids is 1. The fraction of sp³-hybridized carbons (Fsp3) is 0.300. The van der Waals surface area contributed by atoms with Crippen molar-refractivity contribution in [3.63, 3.8) is 0 Å². The van der Waals surface area contributed by atoms with E-state index in [1.54, 1.807) is 0 Å². The van der Waals surface area contributed by atoms with Crippen LogP contribution in [0.1, 0.15) is 11.1 Å². The molecular formula is C10H13ClFNO3. The molecule has 0 heterocycles. The molecule has 1 rings (SSSR count). The molecular weight excluding hydrogens is 237 g/mol. The van der Waals surface area contributed by atoms with E-state index in [-0.39, 0.29) is 30.1 Å². The van der Waals surface area contributed by atoms with E-state index in [1.165, 1.54) is 18.2 Å². The number of aromatic hydroxyl groups is 1. The Labute approximate surface area is 98.3 Å². The van der Waals surface area contributed by atoms with Gasteiger partial charge < -0.3 is 15.9 Å². The highest BCUT2D eigenvalue weighted by Crippen LogP contribution is 2.18. The second kappa shape index (κ2) is 6.30. The molecule has 0 saturated carbocycles. The molecule has 0 aliphatic carbocycles. The predicted octanol–water partition coefficient (Wildman–Crippen LogP) is 1.24. The summed E-state index contributed by atoms with van der Waals surface area (Å²) in [4.78, 5) is 10.5. The van der Waals surface area contributed by atoms with Gasteiger partial charge in [0.05, 0.1) is 0 Å². The van der Waals surface area contributed by atoms with Crippen molar-refractivity contribution in [2.45, 2.75) is 19.1 Å². The zero-order chi connectivity index (χ0) is 11.4. The van der Waals surface area contributed by atoms with E-state index in [2.05, 4.69) is 0 Å². The van der Waals surface area contributed by atoms with E-state index < -0.39 is 18.7 Å². The van der Waals surface area contributed by atoms with Gasteiger partial charge in [0, 0.05) is 0 Å². The van der Waals surface area contributed by atoms with E-state index in [0.717, 1.165) is 0 Å². The summed E-state index contributed by atoms with van der Waals surface area (Å²) in [6, 6.07) is 3.07. The van der Waals surface area contributed by atoms with E-state index in [9.17, 15) is 9.18 Å². The van der Waals surface area contributed by atoms with Gasteiger partial charge >= 0.3 is 5.97 Å². The maximum atomic E-state index is 12.5. The first-order chi connectivity index (χ1) is 7.04. The second-order valence-corrected chi connectivity index (χ2v) is 3.24. The maximum absolute atomic E-state index is 12.5. The number of nitrogens with two attached hydrogens (primary N) is 1. The number of rotatable bonds is 4. The summed E-state index contributed by atoms with van der Waals surface area (Å²) in [7, 11) is 0. The number of alkyl halides is 1. The molecule has 0 amide bonds. The van der Waals surface area contributed by atoms with Crippen LogP contribution in [0.25, 0.3) is 0 Å². The van der Waals surface area contributed by atoms with Gasteiger partial charge in [0.25, 0.3) is 0 Å². The van der Waals surface area contributed by atoms with Crippen LogP contribution in [0.5, 0.6) is 5.75 Å². The van der Waals surface area contributed by atoms with Crippen LogP contribution < -0.4 is 5.73 Å². The van der Waals surface area contributed by atoms with E-state index in [4.69, 9.17) is 15.9 Å². The molecule has 1 atom stereocenters. The third-order valence-corrected chi connectivity index (χ3v) is 2.09. The van der Waals surface area contributed by atoms with Gasteiger partial charge in [0.1, 0.15) is 18.5 Å². The Balaban J connectivity index is 0.00000225. The number of hydrogen-bond donors (Lipinski definition) is 3. The first kappa shape index (κ1) is 14.7. The van der Waals surface area contributed by atoms with Gasteiger partial charge in [0.15, 0.2) is 0 Å². The van der Waals surface area contributed by atoms with Gasteiger partial charge in [-0.15, -0.1) is 12.4 Å². The van der Waals surface area contributed by atoms with Gasteiger partial charge in [0.2, 0.25) is 0 Å². The molecule has 16 heavy (non-hydrogen) atoms. The van der Waals surface area contributed by atoms with Crippen molar-refractivity contribution in [1.29, 1.82) is 0 Å². The molecule has 0 unspecified atom stereocenters. The van der Waals surface area contributed by atoms with Gasteiger partial charge in [-0.3, -0.25) is 4.79 Å². The predicted molar refractivity (Wildman–Crippen MR) is 59.5 cm³/mol. The summed E-state index contributed by atoms with van der Waals surface area (Å²) < 4.78 is 12.5. The molecule has 0 spiro atoms. The van der Waals surface area contributed by atoms with Crippen molar-refractivity contribution in [3.8, 4) is 5.75 Å². The van der Waals surface area contributed by atoms with Crippen molar-refractivity contribution < 1.29 is 19.4 Å². The summed E-state index contributed by atoms with van der Waals surface area (Å²) >= 11 is 0. The summed E-state index contributed by atoms with van der Waals surface area (Å²) in [6.45, 7) is -0.754. The topological polar surface area (TPSA) is 83.5 Å². The van der Waals surface area contributed by atoms with Gasteiger partial charge in [-0.05, 0) is 29.7 Å². The summed E-state index contributed by atoms with van der Waals surface area (Å²) in [5, 5.41) is 17.7. The minimum Gasteiger partial charge on any atom is -0.508 e. The van der Waals surface area contributed by atoms with Crippen molar-refractivity contribution >= 4 is 18.4 Å². The van der Waals surface area contributed by atoms with Crippen LogP contribution in [0, 0.1) is 0 Å². The van der Waals surface area contributed by atoms with E-state index in [1.807, 2.05) is 0 Å². The second-order valence-electron chi connectivity index (χ2n) is 3.24. The standard InChI is InChI=1S/C10H12FNO3.ClH/c11-5-7-3-8(13)2-1-6(7)4-9(12)10(14)15;/h1-3,9,13H,4-5,12H2,(H,14,15);1H/t9-;/m0./s1. The Kier molecular flexibility index (Phi) is 5.77. The molecule has 0 aromatic heterocycles. The Morgan fingerprint density at radius 1 is 1.44 bits per heavy atom. The Bertz CT molecular complexity index is 373. The number of carbonyl (C=O) groups is 1. The van der Waals surface area contributed by atoms with Gasteiger partial charge in [-0.25, -0.2) is 4.39 Å². The van der Waals surface area contributed by atoms with Crippen LogP contribution in [-0.4, -0.2) is 22.2 Å². The van der Waals surface area contributed by atoms with Crippen molar-refractivity contribution in [2.24, 2.45) is 5.73 Å². The Morgan fingerprint density at radius 2 is 2.06 bits per heavy atom. The van der Waals surface area contributed by atoms with Crippen LogP contribution >= 0.6 is 12.4 Å². The summed E-state index contributed by atoms with van der Waals surface area (Å²) in [5.41, 5.74) is 6.10. The van der Waals surface area contributed by atoms with E-state index >= 15 is 0 Å². The fourth-order valence-corrected chi connectivity index (χ4v) is 1.26. The average molecular weight is 250 g/mol. The minimum atomic E-state index is -1.13. The Morgan fingerprint density at radius 3 is 2.56 bits per heavy atom. The number of phenolic OH excluding ortho intramolecular Hbond substituents is 1. The maximum Gasteiger partial charge on any atom is 0.320 e. The average Bonchev–Trinajstić information content (AvgIpc) is 2.20. The molecule has 4 N–H and O–H groups in total. The third kappa shape index (κ3) is 3.67. The molecule has 4 nitrogen and oxygen atoms in total. The van der Waals surface area contributed by atoms with Crippen molar-refractivity contribution in [2.75, 3.05) is 0 Å². The fourth-order valence-electron chi connectivity index (χ4n) is 1.26. The Hall–Kier alpha value is -1.33. The quantitative estimate of drug-likeness (QED) is 0.750. The molecule has 1 aromatic carbocycles. The molecule has 0 aliphatic heterocycles. The lowest BCUT2D eigenvalue weighted by Gasteiger charge is -2.10. The number of benzene rings is 1. The highest BCUT2D eigenvalue weighted by atomic mass is 35.5. The largest absolute Gasteiger partial charge is 0.508 e. The number of hydrogen-bond acceptors (Lipinski definition) is 3. The molecule has 0 fully saturated rings. The molecule has 0 aliphatic rings. The summed E-state index contributed by atoms with van der Waals surface area (Å²) in [5.74, 6) is -1.18. The smallest absolute Gasteiger partial charge is 0.320 e. The lowest BCUT2D eigenvalue weighted by atomic mass is 10.0. The molecule has 0 radical (unpaired) electrons. The lowest BCUT2D eigenvalue weighted by molar-refractivity contribution is -0.138. The highest BCUT2D eigenvalue weighted by molar-refractivity contribution is 5.85. The first-order valence-corrected chi connectivity index (χ1v) is 4.39. The highest BCUT2D eigenvalue weighted by Gasteiger charge is 2.14. The van der Waals surface area contributed by atoms with Crippen LogP contribution in [-0.2, 0) is 17.9 Å². The SMILES string of the molecule is Cl.N[C@@H](Cc1ccc(O)cc1CF)C(=O)O. The van der Waals surface area contributed by atoms with Crippen LogP contribution in [0.15, 0.2) is 18.2 Å². The normalized spacial score (nSPS) is 11.6. The number of carboxylic acid groups (broad SMARTS) is 1.